The molecule has 7 heteroatoms. The van der Waals surface area contributed by atoms with E-state index in [4.69, 9.17) is 0 Å². The Kier molecular flexibility index (Phi) is 5.46. The van der Waals surface area contributed by atoms with E-state index in [1.807, 2.05) is 38.1 Å². The molecule has 2 amide bonds. The summed E-state index contributed by atoms with van der Waals surface area (Å²) >= 11 is 0. The Balaban J connectivity index is 1.32. The number of anilines is 2. The summed E-state index contributed by atoms with van der Waals surface area (Å²) in [4.78, 5) is 19.2. The molecule has 0 radical (unpaired) electrons. The van der Waals surface area contributed by atoms with E-state index in [2.05, 4.69) is 55.0 Å². The normalized spacial score (nSPS) is 16.1. The van der Waals surface area contributed by atoms with Crippen LogP contribution >= 0.6 is 0 Å². The van der Waals surface area contributed by atoms with Crippen LogP contribution in [-0.2, 0) is 0 Å². The molecule has 0 bridgehead atoms. The summed E-state index contributed by atoms with van der Waals surface area (Å²) in [7, 11) is 0. The second-order valence-electron chi connectivity index (χ2n) is 7.55. The van der Waals surface area contributed by atoms with Crippen LogP contribution in [0.4, 0.5) is 16.2 Å². The van der Waals surface area contributed by atoms with Crippen LogP contribution in [0.1, 0.15) is 17.8 Å². The maximum absolute atomic E-state index is 12.5. The van der Waals surface area contributed by atoms with Crippen LogP contribution in [-0.4, -0.2) is 40.8 Å². The summed E-state index contributed by atoms with van der Waals surface area (Å²) < 4.78 is 0. The van der Waals surface area contributed by atoms with Crippen LogP contribution in [0.25, 0.3) is 11.4 Å². The van der Waals surface area contributed by atoms with Crippen LogP contribution in [0.5, 0.6) is 0 Å². The Morgan fingerprint density at radius 3 is 2.79 bits per heavy atom. The molecule has 1 aromatic heterocycles. The van der Waals surface area contributed by atoms with E-state index in [-0.39, 0.29) is 6.03 Å². The minimum Gasteiger partial charge on any atom is -0.371 e. The minimum absolute atomic E-state index is 0.186. The van der Waals surface area contributed by atoms with Crippen molar-refractivity contribution in [3.8, 4) is 11.4 Å². The van der Waals surface area contributed by atoms with Crippen LogP contribution in [0.15, 0.2) is 48.5 Å². The molecular formula is C22H26N6O. The molecule has 0 saturated carbocycles. The monoisotopic (exact) mass is 390 g/mol. The Morgan fingerprint density at radius 2 is 2.03 bits per heavy atom. The molecule has 3 N–H and O–H groups in total. The summed E-state index contributed by atoms with van der Waals surface area (Å²) in [5.74, 6) is 1.83. The molecule has 1 saturated heterocycles. The van der Waals surface area contributed by atoms with Gasteiger partial charge in [0, 0.05) is 36.6 Å². The average molecular weight is 390 g/mol. The predicted octanol–water partition coefficient (Wildman–Crippen LogP) is 3.74. The molecule has 2 heterocycles. The van der Waals surface area contributed by atoms with Crippen LogP contribution in [0.3, 0.4) is 0 Å². The number of benzene rings is 2. The van der Waals surface area contributed by atoms with Gasteiger partial charge in [0.15, 0.2) is 5.82 Å². The van der Waals surface area contributed by atoms with Gasteiger partial charge in [-0.15, -0.1) is 0 Å². The Bertz CT molecular complexity index is 984. The van der Waals surface area contributed by atoms with Gasteiger partial charge < -0.3 is 15.5 Å². The van der Waals surface area contributed by atoms with Gasteiger partial charge in [-0.3, -0.25) is 5.10 Å². The number of nitrogens with zero attached hydrogens (tertiary/aromatic N) is 3. The Hall–Kier alpha value is -3.35. The number of H-pyrrole nitrogens is 1. The quantitative estimate of drug-likeness (QED) is 0.619. The number of urea groups is 1. The van der Waals surface area contributed by atoms with E-state index in [9.17, 15) is 4.79 Å². The molecule has 4 rings (SSSR count). The lowest BCUT2D eigenvalue weighted by atomic mass is 10.1. The first-order valence-electron chi connectivity index (χ1n) is 9.93. The Morgan fingerprint density at radius 1 is 1.21 bits per heavy atom. The number of rotatable bonds is 5. The van der Waals surface area contributed by atoms with Crippen molar-refractivity contribution in [1.82, 2.24) is 20.5 Å². The zero-order valence-electron chi connectivity index (χ0n) is 16.8. The number of aryl methyl sites for hydroxylation is 2. The van der Waals surface area contributed by atoms with E-state index < -0.39 is 0 Å². The molecule has 3 aromatic rings. The Labute approximate surface area is 170 Å². The molecule has 150 valence electrons. The van der Waals surface area contributed by atoms with Crippen molar-refractivity contribution in [2.24, 2.45) is 5.92 Å². The van der Waals surface area contributed by atoms with Crippen molar-refractivity contribution in [2.75, 3.05) is 29.9 Å². The largest absolute Gasteiger partial charge is 0.371 e. The first-order valence-corrected chi connectivity index (χ1v) is 9.93. The lowest BCUT2D eigenvalue weighted by molar-refractivity contribution is 0.250. The molecule has 0 unspecified atom stereocenters. The topological polar surface area (TPSA) is 85.9 Å². The van der Waals surface area contributed by atoms with Crippen molar-refractivity contribution >= 4 is 17.4 Å². The maximum Gasteiger partial charge on any atom is 0.319 e. The third-order valence-corrected chi connectivity index (χ3v) is 5.30. The summed E-state index contributed by atoms with van der Waals surface area (Å²) in [5.41, 5.74) is 3.87. The van der Waals surface area contributed by atoms with Gasteiger partial charge in [-0.25, -0.2) is 9.78 Å². The highest BCUT2D eigenvalue weighted by Gasteiger charge is 2.23. The lowest BCUT2D eigenvalue weighted by Crippen LogP contribution is -2.34. The van der Waals surface area contributed by atoms with Crippen molar-refractivity contribution in [3.63, 3.8) is 0 Å². The van der Waals surface area contributed by atoms with Crippen molar-refractivity contribution in [1.29, 1.82) is 0 Å². The average Bonchev–Trinajstić information content (AvgIpc) is 3.38. The number of carbonyl (C=O) groups is 1. The van der Waals surface area contributed by atoms with Crippen molar-refractivity contribution in [3.05, 3.63) is 59.9 Å². The number of nitrogens with one attached hydrogen (secondary N) is 3. The highest BCUT2D eigenvalue weighted by Crippen LogP contribution is 2.24. The third-order valence-electron chi connectivity index (χ3n) is 5.30. The van der Waals surface area contributed by atoms with Gasteiger partial charge in [0.2, 0.25) is 0 Å². The number of amides is 2. The number of para-hydroxylation sites is 1. The van der Waals surface area contributed by atoms with E-state index in [1.165, 1.54) is 5.69 Å². The van der Waals surface area contributed by atoms with Gasteiger partial charge in [0.1, 0.15) is 5.82 Å². The second kappa shape index (κ2) is 8.34. The number of hydrogen-bond donors (Lipinski definition) is 3. The fraction of sp³-hybridized carbons (Fsp3) is 0.318. The van der Waals surface area contributed by atoms with Crippen LogP contribution in [0.2, 0.25) is 0 Å². The van der Waals surface area contributed by atoms with Crippen molar-refractivity contribution < 1.29 is 4.79 Å². The van der Waals surface area contributed by atoms with Gasteiger partial charge >= 0.3 is 6.03 Å². The van der Waals surface area contributed by atoms with Gasteiger partial charge in [0.05, 0.1) is 0 Å². The summed E-state index contributed by atoms with van der Waals surface area (Å²) in [6.45, 7) is 6.47. The van der Waals surface area contributed by atoms with E-state index in [0.717, 1.165) is 42.1 Å². The molecule has 2 aromatic carbocycles. The maximum atomic E-state index is 12.5. The first-order chi connectivity index (χ1) is 14.1. The minimum atomic E-state index is -0.186. The molecule has 1 atom stereocenters. The first kappa shape index (κ1) is 19.0. The number of hydrogen-bond acceptors (Lipinski definition) is 4. The van der Waals surface area contributed by atoms with Gasteiger partial charge in [-0.1, -0.05) is 30.3 Å². The van der Waals surface area contributed by atoms with E-state index in [1.54, 1.807) is 0 Å². The standard InChI is InChI=1S/C22H26N6O/c1-15-8-9-18(21-24-16(2)26-27-21)12-20(15)25-22(29)23-13-17-10-11-28(14-17)19-6-4-3-5-7-19/h3-9,12,17H,10-11,13-14H2,1-2H3,(H2,23,25,29)(H,24,26,27)/t17-/m0/s1. The zero-order valence-corrected chi connectivity index (χ0v) is 16.8. The zero-order chi connectivity index (χ0) is 20.2. The molecule has 29 heavy (non-hydrogen) atoms. The van der Waals surface area contributed by atoms with Gasteiger partial charge in [-0.2, -0.15) is 5.10 Å². The summed E-state index contributed by atoms with van der Waals surface area (Å²) in [5, 5.41) is 13.0. The SMILES string of the molecule is Cc1nc(-c2ccc(C)c(NC(=O)NC[C@@H]3CCN(c4ccccc4)C3)c2)n[nH]1. The van der Waals surface area contributed by atoms with Crippen molar-refractivity contribution in [2.45, 2.75) is 20.3 Å². The predicted molar refractivity (Wildman–Crippen MR) is 115 cm³/mol. The molecule has 7 nitrogen and oxygen atoms in total. The fourth-order valence-corrected chi connectivity index (χ4v) is 3.64. The third kappa shape index (κ3) is 4.56. The molecule has 1 aliphatic rings. The molecule has 0 spiro atoms. The van der Waals surface area contributed by atoms with Gasteiger partial charge in [0.25, 0.3) is 0 Å². The summed E-state index contributed by atoms with van der Waals surface area (Å²) in [6, 6.07) is 16.1. The van der Waals surface area contributed by atoms with E-state index in [0.29, 0.717) is 18.3 Å². The fourth-order valence-electron chi connectivity index (χ4n) is 3.64. The number of aromatic amines is 1. The molecule has 1 aliphatic heterocycles. The van der Waals surface area contributed by atoms with E-state index >= 15 is 0 Å². The lowest BCUT2D eigenvalue weighted by Gasteiger charge is -2.19. The highest BCUT2D eigenvalue weighted by atomic mass is 16.2. The number of carbonyl (C=O) groups excluding carboxylic acids is 1. The highest BCUT2D eigenvalue weighted by molar-refractivity contribution is 5.90. The van der Waals surface area contributed by atoms with Crippen LogP contribution < -0.4 is 15.5 Å². The number of aromatic nitrogens is 3. The smallest absolute Gasteiger partial charge is 0.319 e. The van der Waals surface area contributed by atoms with Gasteiger partial charge in [-0.05, 0) is 49.9 Å². The second-order valence-corrected chi connectivity index (χ2v) is 7.55. The molecule has 1 fully saturated rings. The summed E-state index contributed by atoms with van der Waals surface area (Å²) in [6.07, 6.45) is 1.08. The molecular weight excluding hydrogens is 364 g/mol. The molecule has 0 aliphatic carbocycles. The van der Waals surface area contributed by atoms with Crippen LogP contribution in [0, 0.1) is 19.8 Å².